The highest BCUT2D eigenvalue weighted by molar-refractivity contribution is 7.99. The number of fused-ring (bicyclic) bond motifs is 5. The van der Waals surface area contributed by atoms with Gasteiger partial charge in [-0.25, -0.2) is 0 Å². The molecule has 0 spiro atoms. The smallest absolute Gasteiger partial charge is 0.246 e. The first-order valence-corrected chi connectivity index (χ1v) is 21.0. The SMILES string of the molecule is CCC(C)[C@@H]1NC(=O)CNC(=O)[C@@H]2Cc3c([nH]c4ccccc34)SC[C@H](NC(=O)CNC1=O)C(=O)N[C@@H](CC(N)=O)C(=O)N1CCC[C@H]1C(=O)NC([C@@H](C)CC)C(=O)N2. The fraction of sp³-hybridized carbons (Fsp3) is 0.564. The summed E-state index contributed by atoms with van der Waals surface area (Å²) in [6, 6.07) is -0.329. The van der Waals surface area contributed by atoms with E-state index in [-0.39, 0.29) is 25.1 Å². The van der Waals surface area contributed by atoms with Crippen LogP contribution in [0.4, 0.5) is 0 Å². The number of rotatable bonds is 6. The number of nitrogens with zero attached hydrogens (tertiary/aromatic N) is 1. The van der Waals surface area contributed by atoms with Crippen LogP contribution < -0.4 is 43.0 Å². The predicted octanol–water partition coefficient (Wildman–Crippen LogP) is -1.56. The van der Waals surface area contributed by atoms with Crippen LogP contribution >= 0.6 is 11.8 Å². The summed E-state index contributed by atoms with van der Waals surface area (Å²) in [6.45, 7) is 6.10. The number of nitrogens with two attached hydrogens (primary N) is 1. The van der Waals surface area contributed by atoms with Gasteiger partial charge in [0, 0.05) is 29.6 Å². The predicted molar refractivity (Wildman–Crippen MR) is 216 cm³/mol. The third kappa shape index (κ3) is 10.9. The third-order valence-corrected chi connectivity index (χ3v) is 12.3. The number of para-hydroxylation sites is 1. The number of H-pyrrole nitrogens is 1. The largest absolute Gasteiger partial charge is 0.370 e. The first-order chi connectivity index (χ1) is 28.1. The number of aromatic amines is 1. The van der Waals surface area contributed by atoms with Gasteiger partial charge in [-0.05, 0) is 36.3 Å². The van der Waals surface area contributed by atoms with E-state index < -0.39 is 121 Å². The van der Waals surface area contributed by atoms with Gasteiger partial charge in [-0.3, -0.25) is 43.2 Å². The molecule has 2 bridgehead atoms. The van der Waals surface area contributed by atoms with Gasteiger partial charge in [-0.1, -0.05) is 58.7 Å². The normalized spacial score (nSPS) is 26.8. The van der Waals surface area contributed by atoms with Gasteiger partial charge in [0.2, 0.25) is 53.2 Å². The molecule has 19 nitrogen and oxygen atoms in total. The molecule has 20 heteroatoms. The Balaban J connectivity index is 1.66. The van der Waals surface area contributed by atoms with Crippen LogP contribution in [0.2, 0.25) is 0 Å². The van der Waals surface area contributed by atoms with Crippen LogP contribution in [0.1, 0.15) is 65.4 Å². The van der Waals surface area contributed by atoms with Crippen molar-refractivity contribution in [2.75, 3.05) is 25.4 Å². The lowest BCUT2D eigenvalue weighted by molar-refractivity contribution is -0.143. The second-order valence-electron chi connectivity index (χ2n) is 15.3. The summed E-state index contributed by atoms with van der Waals surface area (Å²) in [7, 11) is 0. The van der Waals surface area contributed by atoms with E-state index in [2.05, 4.69) is 42.2 Å². The number of hydrogen-bond acceptors (Lipinski definition) is 10. The van der Waals surface area contributed by atoms with Gasteiger partial charge in [0.1, 0.15) is 36.3 Å². The summed E-state index contributed by atoms with van der Waals surface area (Å²) < 4.78 is 0. The Morgan fingerprint density at radius 1 is 0.780 bits per heavy atom. The molecule has 320 valence electrons. The van der Waals surface area contributed by atoms with Gasteiger partial charge in [0.15, 0.2) is 0 Å². The maximum Gasteiger partial charge on any atom is 0.246 e. The molecule has 9 amide bonds. The summed E-state index contributed by atoms with van der Waals surface area (Å²) in [4.78, 5) is 128. The zero-order valence-corrected chi connectivity index (χ0v) is 34.4. The van der Waals surface area contributed by atoms with Crippen molar-refractivity contribution in [3.05, 3.63) is 29.8 Å². The third-order valence-electron chi connectivity index (χ3n) is 11.2. The number of thioether (sulfide) groups is 1. The average Bonchev–Trinajstić information content (AvgIpc) is 3.84. The van der Waals surface area contributed by atoms with E-state index in [0.29, 0.717) is 40.8 Å². The fourth-order valence-corrected chi connectivity index (χ4v) is 8.51. The highest BCUT2D eigenvalue weighted by Gasteiger charge is 2.41. The highest BCUT2D eigenvalue weighted by atomic mass is 32.2. The number of benzene rings is 1. The molecule has 5 rings (SSSR count). The quantitative estimate of drug-likeness (QED) is 0.161. The average molecular weight is 839 g/mol. The Bertz CT molecular complexity index is 1970. The lowest BCUT2D eigenvalue weighted by atomic mass is 9.96. The molecule has 3 aliphatic heterocycles. The van der Waals surface area contributed by atoms with Crippen LogP contribution in [0.3, 0.4) is 0 Å². The van der Waals surface area contributed by atoms with E-state index in [1.807, 2.05) is 19.9 Å². The minimum atomic E-state index is -1.52. The van der Waals surface area contributed by atoms with Crippen molar-refractivity contribution in [2.45, 2.75) is 107 Å². The summed E-state index contributed by atoms with van der Waals surface area (Å²) in [5.74, 6) is -7.70. The van der Waals surface area contributed by atoms with Crippen molar-refractivity contribution in [1.82, 2.24) is 47.1 Å². The van der Waals surface area contributed by atoms with Crippen molar-refractivity contribution in [3.63, 3.8) is 0 Å². The Kier molecular flexibility index (Phi) is 15.0. The topological polar surface area (TPSA) is 283 Å². The molecule has 59 heavy (non-hydrogen) atoms. The minimum absolute atomic E-state index is 0.106. The number of aromatic nitrogens is 1. The van der Waals surface area contributed by atoms with E-state index in [9.17, 15) is 43.2 Å². The number of carbonyl (C=O) groups excluding carboxylic acids is 9. The van der Waals surface area contributed by atoms with Crippen molar-refractivity contribution in [2.24, 2.45) is 17.6 Å². The van der Waals surface area contributed by atoms with Crippen molar-refractivity contribution < 1.29 is 43.2 Å². The standard InChI is InChI=1S/C39H54N10O9S/c1-5-19(3)31-36(56)42-16-29(51)43-26-18-59-38-22(21-10-7-8-11-23(21)46-38)14-24(33(53)41-17-30(52)47-31)44-37(57)32(20(4)6-2)48-35(55)27-12-9-13-49(27)39(58)25(15-28(40)50)45-34(26)54/h7-8,10-11,19-20,24-27,31-32,46H,5-6,9,12-18H2,1-4H3,(H2,40,50)(H,41,53)(H,42,56)(H,43,51)(H,44,57)(H,45,54)(H,47,52)(H,48,55)/t19?,20-,24-,25-,26-,27-,31-,32?/m0/s1. The van der Waals surface area contributed by atoms with Crippen LogP contribution in [-0.4, -0.2) is 125 Å². The minimum Gasteiger partial charge on any atom is -0.370 e. The molecule has 8 atom stereocenters. The zero-order chi connectivity index (χ0) is 43.0. The number of hydrogen-bond donors (Lipinski definition) is 9. The van der Waals surface area contributed by atoms with Gasteiger partial charge >= 0.3 is 0 Å². The molecular formula is C39H54N10O9S. The van der Waals surface area contributed by atoms with Gasteiger partial charge in [0.05, 0.1) is 24.5 Å². The van der Waals surface area contributed by atoms with Crippen LogP contribution in [0.15, 0.2) is 29.3 Å². The van der Waals surface area contributed by atoms with Crippen molar-refractivity contribution >= 4 is 75.8 Å². The lowest BCUT2D eigenvalue weighted by Gasteiger charge is -2.32. The molecule has 0 saturated carbocycles. The Labute approximate surface area is 345 Å². The van der Waals surface area contributed by atoms with E-state index in [1.165, 1.54) is 4.90 Å². The van der Waals surface area contributed by atoms with E-state index in [0.717, 1.165) is 11.8 Å². The molecule has 1 aromatic heterocycles. The van der Waals surface area contributed by atoms with E-state index in [1.54, 1.807) is 32.0 Å². The monoisotopic (exact) mass is 838 g/mol. The summed E-state index contributed by atoms with van der Waals surface area (Å²) in [5.41, 5.74) is 6.78. The zero-order valence-electron chi connectivity index (χ0n) is 33.6. The van der Waals surface area contributed by atoms with Gasteiger partial charge in [-0.2, -0.15) is 0 Å². The van der Waals surface area contributed by atoms with Gasteiger partial charge in [-0.15, -0.1) is 11.8 Å². The summed E-state index contributed by atoms with van der Waals surface area (Å²) >= 11 is 1.12. The molecule has 3 aliphatic rings. The highest BCUT2D eigenvalue weighted by Crippen LogP contribution is 2.32. The molecule has 0 aliphatic carbocycles. The van der Waals surface area contributed by atoms with Crippen LogP contribution in [0.25, 0.3) is 10.9 Å². The molecule has 4 heterocycles. The van der Waals surface area contributed by atoms with Crippen molar-refractivity contribution in [3.8, 4) is 0 Å². The second kappa shape index (κ2) is 19.9. The lowest BCUT2D eigenvalue weighted by Crippen LogP contribution is -2.61. The van der Waals surface area contributed by atoms with E-state index >= 15 is 0 Å². The van der Waals surface area contributed by atoms with Gasteiger partial charge < -0.3 is 52.8 Å². The summed E-state index contributed by atoms with van der Waals surface area (Å²) in [6.07, 6.45) is 0.811. The second-order valence-corrected chi connectivity index (χ2v) is 16.4. The number of primary amides is 1. The van der Waals surface area contributed by atoms with Crippen LogP contribution in [-0.2, 0) is 49.6 Å². The molecule has 0 radical (unpaired) electrons. The van der Waals surface area contributed by atoms with Crippen LogP contribution in [0, 0.1) is 11.8 Å². The fourth-order valence-electron chi connectivity index (χ4n) is 7.39. The molecular weight excluding hydrogens is 785 g/mol. The van der Waals surface area contributed by atoms with E-state index in [4.69, 9.17) is 5.73 Å². The number of amides is 9. The maximum absolute atomic E-state index is 14.3. The molecule has 10 N–H and O–H groups in total. The first kappa shape index (κ1) is 44.4. The molecule has 2 unspecified atom stereocenters. The Morgan fingerprint density at radius 2 is 1.42 bits per heavy atom. The Hall–Kier alpha value is -5.66. The molecule has 1 saturated heterocycles. The summed E-state index contributed by atoms with van der Waals surface area (Å²) in [5, 5.41) is 19.7. The van der Waals surface area contributed by atoms with Crippen molar-refractivity contribution in [1.29, 1.82) is 0 Å². The molecule has 1 aromatic carbocycles. The molecule has 1 fully saturated rings. The number of carbonyl (C=O) groups is 9. The maximum atomic E-state index is 14.3. The first-order valence-electron chi connectivity index (χ1n) is 20.0. The Morgan fingerprint density at radius 3 is 2.10 bits per heavy atom. The number of nitrogens with one attached hydrogen (secondary N) is 8. The van der Waals surface area contributed by atoms with Crippen LogP contribution in [0.5, 0.6) is 0 Å². The molecule has 2 aromatic rings. The van der Waals surface area contributed by atoms with Gasteiger partial charge in [0.25, 0.3) is 0 Å².